The van der Waals surface area contributed by atoms with E-state index in [2.05, 4.69) is 20.5 Å². The number of aryl methyl sites for hydroxylation is 1. The van der Waals surface area contributed by atoms with Crippen molar-refractivity contribution in [1.29, 1.82) is 0 Å². The van der Waals surface area contributed by atoms with Gasteiger partial charge in [0.1, 0.15) is 5.75 Å². The Morgan fingerprint density at radius 1 is 1.15 bits per heavy atom. The van der Waals surface area contributed by atoms with Gasteiger partial charge in [-0.1, -0.05) is 41.6 Å². The van der Waals surface area contributed by atoms with Crippen molar-refractivity contribution in [2.24, 2.45) is 0 Å². The molecule has 0 saturated carbocycles. The van der Waals surface area contributed by atoms with Crippen LogP contribution in [0.3, 0.4) is 0 Å². The summed E-state index contributed by atoms with van der Waals surface area (Å²) in [6.45, 7) is 4.58. The first kappa shape index (κ1) is 18.0. The van der Waals surface area contributed by atoms with Crippen molar-refractivity contribution >= 4 is 23.4 Å². The molecule has 26 heavy (non-hydrogen) atoms. The van der Waals surface area contributed by atoms with E-state index in [1.165, 1.54) is 17.3 Å². The third kappa shape index (κ3) is 4.86. The number of nitrogens with one attached hydrogen (secondary N) is 2. The lowest BCUT2D eigenvalue weighted by atomic mass is 10.1. The van der Waals surface area contributed by atoms with Crippen LogP contribution in [0.1, 0.15) is 12.5 Å². The Kier molecular flexibility index (Phi) is 5.91. The van der Waals surface area contributed by atoms with Crippen LogP contribution >= 0.6 is 11.8 Å². The number of ether oxygens (including phenoxy) is 1. The van der Waals surface area contributed by atoms with E-state index in [0.717, 1.165) is 17.0 Å². The lowest BCUT2D eigenvalue weighted by Crippen LogP contribution is -2.14. The van der Waals surface area contributed by atoms with Crippen molar-refractivity contribution in [2.45, 2.75) is 19.0 Å². The summed E-state index contributed by atoms with van der Waals surface area (Å²) in [6.07, 6.45) is 0. The van der Waals surface area contributed by atoms with Crippen LogP contribution in [0.2, 0.25) is 0 Å². The standard InChI is InChI=1S/C19H20N4O2S/c1-3-25-16-10-8-15(9-11-16)20-17(24)12-26-19-21-18(22-23-19)14-6-4-13(2)5-7-14/h4-11H,3,12H2,1-2H3,(H,20,24)(H,21,22,23). The van der Waals surface area contributed by atoms with E-state index in [-0.39, 0.29) is 11.7 Å². The summed E-state index contributed by atoms with van der Waals surface area (Å²) in [4.78, 5) is 16.5. The molecule has 0 radical (unpaired) electrons. The SMILES string of the molecule is CCOc1ccc(NC(=O)CSc2n[nH]c(-c3ccc(C)cc3)n2)cc1. The number of hydrogen-bond acceptors (Lipinski definition) is 5. The number of amides is 1. The number of benzene rings is 2. The third-order valence-electron chi connectivity index (χ3n) is 3.57. The van der Waals surface area contributed by atoms with Crippen LogP contribution in [0.4, 0.5) is 5.69 Å². The second kappa shape index (κ2) is 8.53. The van der Waals surface area contributed by atoms with Gasteiger partial charge in [-0.15, -0.1) is 5.10 Å². The Morgan fingerprint density at radius 2 is 1.88 bits per heavy atom. The molecule has 7 heteroatoms. The molecule has 2 aromatic carbocycles. The van der Waals surface area contributed by atoms with Crippen molar-refractivity contribution in [3.05, 3.63) is 54.1 Å². The molecule has 0 saturated heterocycles. The van der Waals surface area contributed by atoms with Crippen molar-refractivity contribution in [3.8, 4) is 17.1 Å². The minimum atomic E-state index is -0.110. The van der Waals surface area contributed by atoms with Crippen LogP contribution in [0.25, 0.3) is 11.4 Å². The molecule has 0 unspecified atom stereocenters. The number of aromatic amines is 1. The maximum atomic E-state index is 12.1. The molecule has 6 nitrogen and oxygen atoms in total. The molecule has 0 bridgehead atoms. The number of aromatic nitrogens is 3. The number of thioether (sulfide) groups is 1. The average Bonchev–Trinajstić information content (AvgIpc) is 3.11. The summed E-state index contributed by atoms with van der Waals surface area (Å²) in [6, 6.07) is 15.3. The van der Waals surface area contributed by atoms with Gasteiger partial charge in [0.2, 0.25) is 11.1 Å². The van der Waals surface area contributed by atoms with Gasteiger partial charge >= 0.3 is 0 Å². The van der Waals surface area contributed by atoms with E-state index < -0.39 is 0 Å². The largest absolute Gasteiger partial charge is 0.494 e. The zero-order valence-corrected chi connectivity index (χ0v) is 15.5. The van der Waals surface area contributed by atoms with Gasteiger partial charge in [0, 0.05) is 11.3 Å². The molecule has 0 aliphatic heterocycles. The summed E-state index contributed by atoms with van der Waals surface area (Å²) < 4.78 is 5.38. The Bertz CT molecular complexity index is 860. The highest BCUT2D eigenvalue weighted by Gasteiger charge is 2.09. The zero-order chi connectivity index (χ0) is 18.4. The van der Waals surface area contributed by atoms with Gasteiger partial charge in [-0.05, 0) is 38.1 Å². The smallest absolute Gasteiger partial charge is 0.234 e. The molecule has 0 aliphatic rings. The fourth-order valence-electron chi connectivity index (χ4n) is 2.28. The van der Waals surface area contributed by atoms with Crippen LogP contribution < -0.4 is 10.1 Å². The number of nitrogens with zero attached hydrogens (tertiary/aromatic N) is 2. The van der Waals surface area contributed by atoms with Crippen molar-refractivity contribution in [1.82, 2.24) is 15.2 Å². The van der Waals surface area contributed by atoms with Gasteiger partial charge in [-0.2, -0.15) is 0 Å². The van der Waals surface area contributed by atoms with Crippen LogP contribution in [0, 0.1) is 6.92 Å². The van der Waals surface area contributed by atoms with Gasteiger partial charge in [-0.25, -0.2) is 4.98 Å². The number of rotatable bonds is 7. The molecule has 1 aromatic heterocycles. The highest BCUT2D eigenvalue weighted by atomic mass is 32.2. The van der Waals surface area contributed by atoms with E-state index in [0.29, 0.717) is 17.6 Å². The molecule has 0 fully saturated rings. The predicted molar refractivity (Wildman–Crippen MR) is 104 cm³/mol. The van der Waals surface area contributed by atoms with Crippen LogP contribution in [0.5, 0.6) is 5.75 Å². The van der Waals surface area contributed by atoms with Crippen molar-refractivity contribution in [3.63, 3.8) is 0 Å². The third-order valence-corrected chi connectivity index (χ3v) is 4.42. The first-order valence-electron chi connectivity index (χ1n) is 8.29. The van der Waals surface area contributed by atoms with E-state index in [4.69, 9.17) is 4.74 Å². The summed E-state index contributed by atoms with van der Waals surface area (Å²) >= 11 is 1.29. The fourth-order valence-corrected chi connectivity index (χ4v) is 2.88. The Morgan fingerprint density at radius 3 is 2.58 bits per heavy atom. The second-order valence-electron chi connectivity index (χ2n) is 5.63. The topological polar surface area (TPSA) is 79.9 Å². The average molecular weight is 368 g/mol. The van der Waals surface area contributed by atoms with E-state index in [1.807, 2.05) is 62.4 Å². The summed E-state index contributed by atoms with van der Waals surface area (Å²) in [5, 5.41) is 10.5. The van der Waals surface area contributed by atoms with Crippen LogP contribution in [0.15, 0.2) is 53.7 Å². The maximum absolute atomic E-state index is 12.1. The first-order valence-corrected chi connectivity index (χ1v) is 9.27. The molecule has 1 heterocycles. The molecular formula is C19H20N4O2S. The monoisotopic (exact) mass is 368 g/mol. The number of H-pyrrole nitrogens is 1. The fraction of sp³-hybridized carbons (Fsp3) is 0.211. The number of hydrogen-bond donors (Lipinski definition) is 2. The van der Waals surface area contributed by atoms with Crippen molar-refractivity contribution < 1.29 is 9.53 Å². The zero-order valence-electron chi connectivity index (χ0n) is 14.7. The Balaban J connectivity index is 1.52. The molecular weight excluding hydrogens is 348 g/mol. The Labute approximate surface area is 156 Å². The summed E-state index contributed by atoms with van der Waals surface area (Å²) in [5.41, 5.74) is 2.89. The van der Waals surface area contributed by atoms with Gasteiger partial charge in [0.15, 0.2) is 5.82 Å². The minimum Gasteiger partial charge on any atom is -0.494 e. The molecule has 0 atom stereocenters. The van der Waals surface area contributed by atoms with Gasteiger partial charge in [0.25, 0.3) is 0 Å². The van der Waals surface area contributed by atoms with Gasteiger partial charge < -0.3 is 10.1 Å². The summed E-state index contributed by atoms with van der Waals surface area (Å²) in [7, 11) is 0. The van der Waals surface area contributed by atoms with Crippen molar-refractivity contribution in [2.75, 3.05) is 17.7 Å². The molecule has 0 spiro atoms. The van der Waals surface area contributed by atoms with E-state index >= 15 is 0 Å². The highest BCUT2D eigenvalue weighted by molar-refractivity contribution is 7.99. The predicted octanol–water partition coefficient (Wildman–Crippen LogP) is 3.91. The molecule has 3 aromatic rings. The quantitative estimate of drug-likeness (QED) is 0.618. The number of anilines is 1. The van der Waals surface area contributed by atoms with Gasteiger partial charge in [0.05, 0.1) is 12.4 Å². The van der Waals surface area contributed by atoms with Crippen LogP contribution in [-0.4, -0.2) is 33.4 Å². The lowest BCUT2D eigenvalue weighted by Gasteiger charge is -2.06. The molecule has 1 amide bonds. The van der Waals surface area contributed by atoms with E-state index in [9.17, 15) is 4.79 Å². The lowest BCUT2D eigenvalue weighted by molar-refractivity contribution is -0.113. The maximum Gasteiger partial charge on any atom is 0.234 e. The molecule has 0 aliphatic carbocycles. The minimum absolute atomic E-state index is 0.110. The summed E-state index contributed by atoms with van der Waals surface area (Å²) in [5.74, 6) is 1.60. The second-order valence-corrected chi connectivity index (χ2v) is 6.57. The normalized spacial score (nSPS) is 10.5. The number of carbonyl (C=O) groups excluding carboxylic acids is 1. The highest BCUT2D eigenvalue weighted by Crippen LogP contribution is 2.20. The molecule has 134 valence electrons. The van der Waals surface area contributed by atoms with E-state index in [1.54, 1.807) is 0 Å². The number of carbonyl (C=O) groups is 1. The first-order chi connectivity index (χ1) is 12.6. The Hall–Kier alpha value is -2.80. The molecule has 3 rings (SSSR count). The van der Waals surface area contributed by atoms with Gasteiger partial charge in [-0.3, -0.25) is 9.89 Å². The molecule has 2 N–H and O–H groups in total. The van der Waals surface area contributed by atoms with Crippen LogP contribution in [-0.2, 0) is 4.79 Å².